The molecule has 0 aromatic rings. The molecule has 2 unspecified atom stereocenters. The Labute approximate surface area is 171 Å². The minimum atomic E-state index is -1.71. The molecular weight excluding hydrogens is 399 g/mol. The topological polar surface area (TPSA) is 74.6 Å². The molecule has 152 valence electrons. The van der Waals surface area contributed by atoms with Gasteiger partial charge < -0.3 is 10.2 Å². The zero-order valence-electron chi connectivity index (χ0n) is 16.4. The molecule has 26 heavy (non-hydrogen) atoms. The Morgan fingerprint density at radius 1 is 1.00 bits per heavy atom. The smallest absolute Gasteiger partial charge is 0.310 e. The zero-order chi connectivity index (χ0) is 21.0. The molecule has 0 aliphatic heterocycles. The molecule has 0 amide bonds. The molecule has 2 N–H and O–H groups in total. The second-order valence-corrected chi connectivity index (χ2v) is 10.6. The summed E-state index contributed by atoms with van der Waals surface area (Å²) in [5.41, 5.74) is -2.28. The first-order valence-electron chi connectivity index (χ1n) is 8.72. The van der Waals surface area contributed by atoms with Gasteiger partial charge in [-0.15, -0.1) is 0 Å². The fraction of sp³-hybridized carbons (Fsp3) is 0.789. The summed E-state index contributed by atoms with van der Waals surface area (Å²) in [7, 11) is 0. The van der Waals surface area contributed by atoms with Crippen LogP contribution in [0.4, 0.5) is 0 Å². The lowest BCUT2D eigenvalue weighted by molar-refractivity contribution is -0.157. The van der Waals surface area contributed by atoms with Crippen LogP contribution in [-0.4, -0.2) is 25.9 Å². The average Bonchev–Trinajstić information content (AvgIpc) is 2.42. The predicted octanol–water partition coefficient (Wildman–Crippen LogP) is 6.34. The molecule has 0 radical (unpaired) electrons. The van der Waals surface area contributed by atoms with Crippen LogP contribution in [0.1, 0.15) is 67.2 Å². The third kappa shape index (κ3) is 5.77. The second kappa shape index (κ2) is 9.16. The molecule has 4 nitrogen and oxygen atoms in total. The molecule has 0 spiro atoms. The summed E-state index contributed by atoms with van der Waals surface area (Å²) in [6, 6.07) is 0. The summed E-state index contributed by atoms with van der Waals surface area (Å²) >= 11 is 17.8. The molecule has 7 heteroatoms. The Morgan fingerprint density at radius 3 is 1.81 bits per heavy atom. The highest BCUT2D eigenvalue weighted by molar-refractivity contribution is 6.68. The molecule has 0 saturated heterocycles. The highest BCUT2D eigenvalue weighted by atomic mass is 35.6. The van der Waals surface area contributed by atoms with Crippen LogP contribution in [0.25, 0.3) is 0 Å². The van der Waals surface area contributed by atoms with E-state index in [1.54, 1.807) is 19.9 Å². The molecule has 0 saturated carbocycles. The van der Waals surface area contributed by atoms with Crippen molar-refractivity contribution in [2.45, 2.75) is 71.0 Å². The molecule has 0 aromatic carbocycles. The number of hydrogen-bond acceptors (Lipinski definition) is 2. The van der Waals surface area contributed by atoms with Gasteiger partial charge in [0.25, 0.3) is 0 Å². The highest BCUT2D eigenvalue weighted by Gasteiger charge is 2.49. The molecule has 2 atom stereocenters. The molecule has 0 bridgehead atoms. The molecule has 0 fully saturated rings. The van der Waals surface area contributed by atoms with Crippen LogP contribution in [0.3, 0.4) is 0 Å². The Morgan fingerprint density at radius 2 is 1.50 bits per heavy atom. The van der Waals surface area contributed by atoms with Gasteiger partial charge in [0.15, 0.2) is 3.79 Å². The number of hydrogen-bond donors (Lipinski definition) is 2. The van der Waals surface area contributed by atoms with E-state index in [-0.39, 0.29) is 11.8 Å². The van der Waals surface area contributed by atoms with Crippen molar-refractivity contribution in [2.75, 3.05) is 0 Å². The number of alkyl halides is 3. The zero-order valence-corrected chi connectivity index (χ0v) is 18.7. The fourth-order valence-corrected chi connectivity index (χ4v) is 3.64. The van der Waals surface area contributed by atoms with Crippen molar-refractivity contribution < 1.29 is 19.8 Å². The molecule has 0 aliphatic carbocycles. The van der Waals surface area contributed by atoms with E-state index in [1.165, 1.54) is 0 Å². The largest absolute Gasteiger partial charge is 0.481 e. The van der Waals surface area contributed by atoms with Crippen LogP contribution < -0.4 is 0 Å². The Kier molecular flexibility index (Phi) is 9.00. The van der Waals surface area contributed by atoms with E-state index in [4.69, 9.17) is 34.8 Å². The standard InChI is InChI=1S/C19H31Cl3O4/c1-7-18(15(25)26,16(2,3)4)12-10-8-9-11-13(14(23)24)17(5,6)19(20,21)22/h8-9,13H,7,10-12H2,1-6H3,(H,23,24)(H,25,26). The van der Waals surface area contributed by atoms with Crippen molar-refractivity contribution in [3.05, 3.63) is 12.2 Å². The van der Waals surface area contributed by atoms with Gasteiger partial charge in [0.2, 0.25) is 0 Å². The van der Waals surface area contributed by atoms with E-state index >= 15 is 0 Å². The van der Waals surface area contributed by atoms with Gasteiger partial charge in [-0.2, -0.15) is 0 Å². The van der Waals surface area contributed by atoms with Crippen molar-refractivity contribution in [2.24, 2.45) is 22.2 Å². The second-order valence-electron chi connectivity index (χ2n) is 8.35. The maximum atomic E-state index is 11.9. The average molecular weight is 430 g/mol. The van der Waals surface area contributed by atoms with Gasteiger partial charge in [0.05, 0.1) is 11.3 Å². The van der Waals surface area contributed by atoms with Gasteiger partial charge in [-0.3, -0.25) is 9.59 Å². The first-order chi connectivity index (χ1) is 11.5. The van der Waals surface area contributed by atoms with Crippen LogP contribution in [0.5, 0.6) is 0 Å². The van der Waals surface area contributed by atoms with E-state index in [9.17, 15) is 19.8 Å². The summed E-state index contributed by atoms with van der Waals surface area (Å²) in [4.78, 5) is 23.5. The van der Waals surface area contributed by atoms with Crippen molar-refractivity contribution >= 4 is 46.7 Å². The molecule has 0 aliphatic rings. The summed E-state index contributed by atoms with van der Waals surface area (Å²) in [6.45, 7) is 10.9. The van der Waals surface area contributed by atoms with E-state index in [1.807, 2.05) is 33.8 Å². The summed E-state index contributed by atoms with van der Waals surface area (Å²) < 4.78 is -1.71. The van der Waals surface area contributed by atoms with Crippen LogP contribution in [0.15, 0.2) is 12.2 Å². The summed E-state index contributed by atoms with van der Waals surface area (Å²) in [6.07, 6.45) is 5.31. The highest BCUT2D eigenvalue weighted by Crippen LogP contribution is 2.50. The predicted molar refractivity (Wildman–Crippen MR) is 108 cm³/mol. The fourth-order valence-electron chi connectivity index (χ4n) is 3.24. The van der Waals surface area contributed by atoms with Gasteiger partial charge in [-0.1, -0.05) is 88.5 Å². The minimum Gasteiger partial charge on any atom is -0.481 e. The van der Waals surface area contributed by atoms with Crippen LogP contribution >= 0.6 is 34.8 Å². The third-order valence-corrected chi connectivity index (χ3v) is 7.09. The van der Waals surface area contributed by atoms with Gasteiger partial charge in [-0.05, 0) is 31.1 Å². The number of rotatable bonds is 9. The first-order valence-corrected chi connectivity index (χ1v) is 9.86. The maximum absolute atomic E-state index is 11.9. The van der Waals surface area contributed by atoms with Gasteiger partial charge in [0.1, 0.15) is 0 Å². The van der Waals surface area contributed by atoms with Crippen LogP contribution in [-0.2, 0) is 9.59 Å². The van der Waals surface area contributed by atoms with Gasteiger partial charge >= 0.3 is 11.9 Å². The molecular formula is C19H31Cl3O4. The van der Waals surface area contributed by atoms with Gasteiger partial charge in [-0.25, -0.2) is 0 Å². The Balaban J connectivity index is 5.14. The Bertz CT molecular complexity index is 530. The van der Waals surface area contributed by atoms with Gasteiger partial charge in [0, 0.05) is 5.41 Å². The summed E-state index contributed by atoms with van der Waals surface area (Å²) in [5, 5.41) is 19.2. The van der Waals surface area contributed by atoms with Crippen molar-refractivity contribution in [1.82, 2.24) is 0 Å². The lowest BCUT2D eigenvalue weighted by atomic mass is 9.62. The van der Waals surface area contributed by atoms with E-state index in [0.717, 1.165) is 0 Å². The number of allylic oxidation sites excluding steroid dienone is 2. The number of carboxylic acids is 2. The normalized spacial score (nSPS) is 17.1. The minimum absolute atomic E-state index is 0.206. The number of carbonyl (C=O) groups is 2. The van der Waals surface area contributed by atoms with Crippen molar-refractivity contribution in [1.29, 1.82) is 0 Å². The monoisotopic (exact) mass is 428 g/mol. The van der Waals surface area contributed by atoms with Crippen molar-refractivity contribution in [3.63, 3.8) is 0 Å². The van der Waals surface area contributed by atoms with E-state index in [0.29, 0.717) is 19.3 Å². The lowest BCUT2D eigenvalue weighted by Crippen LogP contribution is -2.42. The number of aliphatic carboxylic acids is 2. The lowest BCUT2D eigenvalue weighted by Gasteiger charge is -2.40. The van der Waals surface area contributed by atoms with Crippen LogP contribution in [0, 0.1) is 22.2 Å². The summed E-state index contributed by atoms with van der Waals surface area (Å²) in [5.74, 6) is -2.71. The quantitative estimate of drug-likeness (QED) is 0.331. The molecule has 0 rings (SSSR count). The van der Waals surface area contributed by atoms with E-state index < -0.39 is 32.5 Å². The Hall–Kier alpha value is -0.450. The molecule has 0 heterocycles. The van der Waals surface area contributed by atoms with Crippen LogP contribution in [0.2, 0.25) is 0 Å². The SMILES string of the molecule is CCC(CCC=CCC(C(=O)O)C(C)(C)C(Cl)(Cl)Cl)(C(=O)O)C(C)(C)C. The third-order valence-electron chi connectivity index (χ3n) is 5.62. The van der Waals surface area contributed by atoms with E-state index in [2.05, 4.69) is 0 Å². The number of halogens is 3. The maximum Gasteiger partial charge on any atom is 0.310 e. The first kappa shape index (κ1) is 25.6. The number of carboxylic acid groups (broad SMARTS) is 2. The molecule has 0 aromatic heterocycles. The van der Waals surface area contributed by atoms with Crippen molar-refractivity contribution in [3.8, 4) is 0 Å².